The van der Waals surface area contributed by atoms with Crippen molar-refractivity contribution in [1.29, 1.82) is 0 Å². The van der Waals surface area contributed by atoms with Gasteiger partial charge in [-0.05, 0) is 58.5 Å². The van der Waals surface area contributed by atoms with Gasteiger partial charge in [0.2, 0.25) is 5.91 Å². The fourth-order valence-corrected chi connectivity index (χ4v) is 4.59. The van der Waals surface area contributed by atoms with Crippen molar-refractivity contribution >= 4 is 11.8 Å². The monoisotopic (exact) mass is 385 g/mol. The van der Waals surface area contributed by atoms with Crippen LogP contribution in [0, 0.1) is 6.92 Å². The van der Waals surface area contributed by atoms with Crippen molar-refractivity contribution in [2.24, 2.45) is 0 Å². The zero-order valence-electron chi connectivity index (χ0n) is 16.9. The van der Waals surface area contributed by atoms with Crippen LogP contribution < -0.4 is 0 Å². The Hall–Kier alpha value is -2.02. The summed E-state index contributed by atoms with van der Waals surface area (Å²) in [5, 5.41) is 0. The fourth-order valence-electron chi connectivity index (χ4n) is 4.59. The zero-order valence-corrected chi connectivity index (χ0v) is 16.9. The second kappa shape index (κ2) is 8.55. The number of aryl methyl sites for hydroxylation is 1. The molecule has 0 unspecified atom stereocenters. The molecule has 3 saturated heterocycles. The van der Waals surface area contributed by atoms with Gasteiger partial charge < -0.3 is 9.80 Å². The SMILES string of the molecule is Cc1nc(C2CCN(CC(=O)N3CCCC3)CC2)ncc1C(=O)N1CCCC1. The van der Waals surface area contributed by atoms with Gasteiger partial charge in [0.1, 0.15) is 5.82 Å². The summed E-state index contributed by atoms with van der Waals surface area (Å²) < 4.78 is 0. The molecule has 4 rings (SSSR count). The molecule has 152 valence electrons. The lowest BCUT2D eigenvalue weighted by Gasteiger charge is -2.32. The lowest BCUT2D eigenvalue weighted by atomic mass is 9.95. The van der Waals surface area contributed by atoms with E-state index in [-0.39, 0.29) is 11.8 Å². The Labute approximate surface area is 167 Å². The molecule has 0 N–H and O–H groups in total. The van der Waals surface area contributed by atoms with Crippen LogP contribution in [0.4, 0.5) is 0 Å². The van der Waals surface area contributed by atoms with Gasteiger partial charge in [-0.1, -0.05) is 0 Å². The number of carbonyl (C=O) groups is 2. The molecule has 0 aliphatic carbocycles. The predicted octanol–water partition coefficient (Wildman–Crippen LogP) is 1.82. The maximum atomic E-state index is 12.6. The van der Waals surface area contributed by atoms with E-state index >= 15 is 0 Å². The van der Waals surface area contributed by atoms with Crippen LogP contribution in [-0.4, -0.2) is 82.3 Å². The molecule has 7 heteroatoms. The van der Waals surface area contributed by atoms with E-state index in [1.54, 1.807) is 6.20 Å². The maximum Gasteiger partial charge on any atom is 0.257 e. The van der Waals surface area contributed by atoms with Gasteiger partial charge in [0.25, 0.3) is 5.91 Å². The largest absolute Gasteiger partial charge is 0.342 e. The van der Waals surface area contributed by atoms with Crippen LogP contribution in [0.15, 0.2) is 6.20 Å². The summed E-state index contributed by atoms with van der Waals surface area (Å²) in [7, 11) is 0. The highest BCUT2D eigenvalue weighted by Gasteiger charge is 2.27. The van der Waals surface area contributed by atoms with Crippen LogP contribution in [0.25, 0.3) is 0 Å². The molecule has 0 saturated carbocycles. The van der Waals surface area contributed by atoms with Crippen LogP contribution in [0.3, 0.4) is 0 Å². The summed E-state index contributed by atoms with van der Waals surface area (Å²) in [6, 6.07) is 0. The molecule has 1 aromatic rings. The van der Waals surface area contributed by atoms with E-state index in [4.69, 9.17) is 0 Å². The molecule has 28 heavy (non-hydrogen) atoms. The van der Waals surface area contributed by atoms with Crippen LogP contribution in [-0.2, 0) is 4.79 Å². The number of aromatic nitrogens is 2. The quantitative estimate of drug-likeness (QED) is 0.791. The zero-order chi connectivity index (χ0) is 19.5. The van der Waals surface area contributed by atoms with E-state index in [0.717, 1.165) is 89.3 Å². The summed E-state index contributed by atoms with van der Waals surface area (Å²) in [4.78, 5) is 40.4. The number of amides is 2. The van der Waals surface area contributed by atoms with Crippen molar-refractivity contribution in [2.75, 3.05) is 45.8 Å². The Morgan fingerprint density at radius 3 is 2.18 bits per heavy atom. The first-order valence-corrected chi connectivity index (χ1v) is 10.7. The highest BCUT2D eigenvalue weighted by molar-refractivity contribution is 5.95. The highest BCUT2D eigenvalue weighted by atomic mass is 16.2. The molecule has 1 aromatic heterocycles. The smallest absolute Gasteiger partial charge is 0.257 e. The molecular weight excluding hydrogens is 354 g/mol. The molecular formula is C21H31N5O2. The molecule has 0 spiro atoms. The van der Waals surface area contributed by atoms with Crippen LogP contribution in [0.5, 0.6) is 0 Å². The Bertz CT molecular complexity index is 718. The van der Waals surface area contributed by atoms with Crippen LogP contribution >= 0.6 is 0 Å². The first kappa shape index (κ1) is 19.3. The number of carbonyl (C=O) groups excluding carboxylic acids is 2. The van der Waals surface area contributed by atoms with Crippen molar-refractivity contribution < 1.29 is 9.59 Å². The second-order valence-corrected chi connectivity index (χ2v) is 8.36. The topological polar surface area (TPSA) is 69.6 Å². The van der Waals surface area contributed by atoms with Gasteiger partial charge >= 0.3 is 0 Å². The Morgan fingerprint density at radius 1 is 0.964 bits per heavy atom. The summed E-state index contributed by atoms with van der Waals surface area (Å²) in [6.45, 7) is 7.79. The van der Waals surface area contributed by atoms with E-state index in [2.05, 4.69) is 14.9 Å². The Balaban J connectivity index is 1.32. The molecule has 4 heterocycles. The van der Waals surface area contributed by atoms with E-state index in [0.29, 0.717) is 18.0 Å². The Morgan fingerprint density at radius 2 is 1.57 bits per heavy atom. The number of piperidine rings is 1. The minimum Gasteiger partial charge on any atom is -0.342 e. The third-order valence-electron chi connectivity index (χ3n) is 6.39. The molecule has 2 amide bonds. The van der Waals surface area contributed by atoms with Crippen molar-refractivity contribution in [3.63, 3.8) is 0 Å². The standard InChI is InChI=1S/C21H31N5O2/c1-16-18(21(28)26-10-4-5-11-26)14-22-20(23-16)17-6-12-24(13-7-17)15-19(27)25-8-2-3-9-25/h14,17H,2-13,15H2,1H3. The van der Waals surface area contributed by atoms with E-state index in [1.165, 1.54) is 0 Å². The summed E-state index contributed by atoms with van der Waals surface area (Å²) in [5.74, 6) is 1.50. The normalized spacial score (nSPS) is 21.5. The molecule has 3 fully saturated rings. The summed E-state index contributed by atoms with van der Waals surface area (Å²) in [5.41, 5.74) is 1.42. The Kier molecular flexibility index (Phi) is 5.90. The number of rotatable bonds is 4. The molecule has 3 aliphatic heterocycles. The third kappa shape index (κ3) is 4.19. The van der Waals surface area contributed by atoms with Gasteiger partial charge in [0, 0.05) is 38.3 Å². The lowest BCUT2D eigenvalue weighted by Crippen LogP contribution is -2.42. The number of hydrogen-bond acceptors (Lipinski definition) is 5. The van der Waals surface area contributed by atoms with Crippen molar-refractivity contribution in [2.45, 2.75) is 51.4 Å². The molecule has 0 atom stereocenters. The third-order valence-corrected chi connectivity index (χ3v) is 6.39. The number of likely N-dealkylation sites (tertiary alicyclic amines) is 3. The van der Waals surface area contributed by atoms with Gasteiger partial charge in [-0.15, -0.1) is 0 Å². The number of nitrogens with zero attached hydrogens (tertiary/aromatic N) is 5. The van der Waals surface area contributed by atoms with E-state index in [9.17, 15) is 9.59 Å². The maximum absolute atomic E-state index is 12.6. The first-order valence-electron chi connectivity index (χ1n) is 10.7. The minimum atomic E-state index is 0.0665. The summed E-state index contributed by atoms with van der Waals surface area (Å²) >= 11 is 0. The minimum absolute atomic E-state index is 0.0665. The van der Waals surface area contributed by atoms with Crippen LogP contribution in [0.2, 0.25) is 0 Å². The van der Waals surface area contributed by atoms with E-state index in [1.807, 2.05) is 16.7 Å². The molecule has 7 nitrogen and oxygen atoms in total. The van der Waals surface area contributed by atoms with Crippen molar-refractivity contribution in [3.8, 4) is 0 Å². The second-order valence-electron chi connectivity index (χ2n) is 8.36. The fraction of sp³-hybridized carbons (Fsp3) is 0.714. The molecule has 0 radical (unpaired) electrons. The number of hydrogen-bond donors (Lipinski definition) is 0. The molecule has 0 aromatic carbocycles. The van der Waals surface area contributed by atoms with Crippen LogP contribution in [0.1, 0.15) is 66.3 Å². The van der Waals surface area contributed by atoms with E-state index < -0.39 is 0 Å². The van der Waals surface area contributed by atoms with Gasteiger partial charge in [0.15, 0.2) is 0 Å². The van der Waals surface area contributed by atoms with Gasteiger partial charge in [0.05, 0.1) is 17.8 Å². The lowest BCUT2D eigenvalue weighted by molar-refractivity contribution is -0.131. The highest BCUT2D eigenvalue weighted by Crippen LogP contribution is 2.26. The summed E-state index contributed by atoms with van der Waals surface area (Å²) in [6.07, 6.45) is 8.10. The van der Waals surface area contributed by atoms with Crippen molar-refractivity contribution in [1.82, 2.24) is 24.7 Å². The van der Waals surface area contributed by atoms with Gasteiger partial charge in [-0.2, -0.15) is 0 Å². The predicted molar refractivity (Wildman–Crippen MR) is 106 cm³/mol. The molecule has 3 aliphatic rings. The first-order chi connectivity index (χ1) is 13.6. The van der Waals surface area contributed by atoms with Gasteiger partial charge in [-0.3, -0.25) is 14.5 Å². The van der Waals surface area contributed by atoms with Crippen molar-refractivity contribution in [3.05, 3.63) is 23.3 Å². The van der Waals surface area contributed by atoms with Gasteiger partial charge in [-0.25, -0.2) is 9.97 Å². The average Bonchev–Trinajstić information content (AvgIpc) is 3.42. The molecule has 0 bridgehead atoms. The average molecular weight is 386 g/mol.